The molecule has 2 aliphatic rings. The smallest absolute Gasteiger partial charge is 0.317 e. The number of hydrogen-bond donors (Lipinski definition) is 1. The Morgan fingerprint density at radius 2 is 2.00 bits per heavy atom. The number of carbonyl (C=O) groups excluding carboxylic acids is 1. The molecule has 104 valence electrons. The van der Waals surface area contributed by atoms with Gasteiger partial charge >= 0.3 is 6.03 Å². The molecule has 0 aliphatic carbocycles. The average molecular weight is 278 g/mol. The van der Waals surface area contributed by atoms with Gasteiger partial charge in [0, 0.05) is 26.2 Å². The van der Waals surface area contributed by atoms with Gasteiger partial charge < -0.3 is 15.1 Å². The van der Waals surface area contributed by atoms with Crippen LogP contribution in [0, 0.1) is 23.0 Å². The second kappa shape index (κ2) is 4.63. The zero-order chi connectivity index (χ0) is 14.3. The highest BCUT2D eigenvalue weighted by Crippen LogP contribution is 2.27. The molecule has 2 heterocycles. The van der Waals surface area contributed by atoms with Crippen molar-refractivity contribution in [2.45, 2.75) is 6.04 Å². The Kier molecular flexibility index (Phi) is 2.93. The number of nitrogens with one attached hydrogen (secondary N) is 1. The minimum Gasteiger partial charge on any atom is -0.363 e. The third-order valence-corrected chi connectivity index (χ3v) is 3.69. The molecule has 2 saturated heterocycles. The summed E-state index contributed by atoms with van der Waals surface area (Å²) in [7, 11) is 0. The highest BCUT2D eigenvalue weighted by atomic mass is 19.1. The highest BCUT2D eigenvalue weighted by molar-refractivity contribution is 5.77. The molecule has 2 aliphatic heterocycles. The van der Waals surface area contributed by atoms with Gasteiger partial charge in [-0.2, -0.15) is 5.26 Å². The summed E-state index contributed by atoms with van der Waals surface area (Å²) in [6, 6.07) is 3.57. The van der Waals surface area contributed by atoms with Crippen LogP contribution >= 0.6 is 0 Å². The monoisotopic (exact) mass is 278 g/mol. The second-order valence-electron chi connectivity index (χ2n) is 4.88. The summed E-state index contributed by atoms with van der Waals surface area (Å²) in [6.45, 7) is 1.65. The Hall–Kier alpha value is -2.36. The van der Waals surface area contributed by atoms with Crippen molar-refractivity contribution in [1.29, 1.82) is 5.26 Å². The van der Waals surface area contributed by atoms with E-state index in [1.54, 1.807) is 15.9 Å². The maximum atomic E-state index is 14.0. The van der Waals surface area contributed by atoms with E-state index in [-0.39, 0.29) is 23.3 Å². The summed E-state index contributed by atoms with van der Waals surface area (Å²) in [4.78, 5) is 14.7. The summed E-state index contributed by atoms with van der Waals surface area (Å²) < 4.78 is 27.9. The minimum atomic E-state index is -0.743. The Morgan fingerprint density at radius 3 is 2.65 bits per heavy atom. The largest absolute Gasteiger partial charge is 0.363 e. The molecule has 1 N–H and O–H groups in total. The molecule has 0 radical (unpaired) electrons. The number of amides is 2. The van der Waals surface area contributed by atoms with Crippen molar-refractivity contribution in [3.05, 3.63) is 29.3 Å². The molecule has 0 bridgehead atoms. The van der Waals surface area contributed by atoms with Gasteiger partial charge in [-0.25, -0.2) is 13.6 Å². The Balaban J connectivity index is 1.88. The van der Waals surface area contributed by atoms with Gasteiger partial charge in [-0.15, -0.1) is 0 Å². The molecule has 2 fully saturated rings. The van der Waals surface area contributed by atoms with Gasteiger partial charge in [0.2, 0.25) is 0 Å². The van der Waals surface area contributed by atoms with Gasteiger partial charge in [-0.05, 0) is 12.1 Å². The van der Waals surface area contributed by atoms with E-state index in [1.807, 2.05) is 0 Å². The lowest BCUT2D eigenvalue weighted by molar-refractivity contribution is 0.197. The van der Waals surface area contributed by atoms with Gasteiger partial charge in [0.05, 0.1) is 17.7 Å². The molecular formula is C13H12F2N4O. The van der Waals surface area contributed by atoms with Crippen molar-refractivity contribution in [3.8, 4) is 6.07 Å². The quantitative estimate of drug-likeness (QED) is 0.835. The number of halogens is 2. The number of anilines is 1. The van der Waals surface area contributed by atoms with Crippen molar-refractivity contribution in [2.75, 3.05) is 31.1 Å². The van der Waals surface area contributed by atoms with Gasteiger partial charge in [0.15, 0.2) is 11.6 Å². The molecule has 1 atom stereocenters. The maximum Gasteiger partial charge on any atom is 0.317 e. The first kappa shape index (κ1) is 12.7. The van der Waals surface area contributed by atoms with E-state index in [1.165, 1.54) is 0 Å². The molecule has 1 unspecified atom stereocenters. The van der Waals surface area contributed by atoms with Crippen LogP contribution in [0.4, 0.5) is 19.3 Å². The van der Waals surface area contributed by atoms with E-state index >= 15 is 0 Å². The summed E-state index contributed by atoms with van der Waals surface area (Å²) in [6.07, 6.45) is 0. The normalized spacial score (nSPS) is 21.4. The van der Waals surface area contributed by atoms with Gasteiger partial charge in [-0.1, -0.05) is 0 Å². The van der Waals surface area contributed by atoms with Crippen LogP contribution < -0.4 is 10.2 Å². The maximum absolute atomic E-state index is 14.0. The van der Waals surface area contributed by atoms with Gasteiger partial charge in [-0.3, -0.25) is 0 Å². The molecule has 3 rings (SSSR count). The van der Waals surface area contributed by atoms with Crippen LogP contribution in [0.3, 0.4) is 0 Å². The zero-order valence-electron chi connectivity index (χ0n) is 10.6. The van der Waals surface area contributed by atoms with E-state index in [0.29, 0.717) is 26.2 Å². The molecule has 7 heteroatoms. The van der Waals surface area contributed by atoms with Gasteiger partial charge in [0.1, 0.15) is 5.69 Å². The number of rotatable bonds is 1. The number of nitrogens with zero attached hydrogens (tertiary/aromatic N) is 3. The number of hydrogen-bond acceptors (Lipinski definition) is 3. The highest BCUT2D eigenvalue weighted by Gasteiger charge is 2.36. The van der Waals surface area contributed by atoms with Crippen LogP contribution in [0.25, 0.3) is 0 Å². The first-order chi connectivity index (χ1) is 9.60. The second-order valence-corrected chi connectivity index (χ2v) is 4.88. The van der Waals surface area contributed by atoms with Crippen molar-refractivity contribution in [1.82, 2.24) is 10.2 Å². The third kappa shape index (κ3) is 1.93. The fourth-order valence-electron chi connectivity index (χ4n) is 2.74. The minimum absolute atomic E-state index is 0.0416. The van der Waals surface area contributed by atoms with Crippen LogP contribution in [0.1, 0.15) is 5.56 Å². The van der Waals surface area contributed by atoms with Crippen LogP contribution in [0.5, 0.6) is 0 Å². The zero-order valence-corrected chi connectivity index (χ0v) is 10.6. The average Bonchev–Trinajstić information content (AvgIpc) is 2.79. The number of urea groups is 1. The predicted octanol–water partition coefficient (Wildman–Crippen LogP) is 1.05. The fraction of sp³-hybridized carbons (Fsp3) is 0.385. The topological polar surface area (TPSA) is 59.4 Å². The summed E-state index contributed by atoms with van der Waals surface area (Å²) in [5.41, 5.74) is -0.164. The third-order valence-electron chi connectivity index (χ3n) is 3.69. The summed E-state index contributed by atoms with van der Waals surface area (Å²) in [5.74, 6) is -1.49. The SMILES string of the molecule is N#Cc1cc(F)c(N2CCN3C(=O)NCC3C2)c(F)c1. The van der Waals surface area contributed by atoms with Crippen molar-refractivity contribution in [2.24, 2.45) is 0 Å². The van der Waals surface area contributed by atoms with Crippen molar-refractivity contribution in [3.63, 3.8) is 0 Å². The Bertz CT molecular complexity index is 590. The predicted molar refractivity (Wildman–Crippen MR) is 67.2 cm³/mol. The number of carbonyl (C=O) groups is 1. The molecule has 5 nitrogen and oxygen atoms in total. The Labute approximate surface area is 114 Å². The lowest BCUT2D eigenvalue weighted by Crippen LogP contribution is -2.52. The van der Waals surface area contributed by atoms with E-state index in [9.17, 15) is 13.6 Å². The molecule has 2 amide bonds. The summed E-state index contributed by atoms with van der Waals surface area (Å²) >= 11 is 0. The molecule has 0 aromatic heterocycles. The number of benzene rings is 1. The van der Waals surface area contributed by atoms with Crippen LogP contribution in [0.15, 0.2) is 12.1 Å². The molecule has 1 aromatic rings. The van der Waals surface area contributed by atoms with Gasteiger partial charge in [0.25, 0.3) is 0 Å². The molecule has 0 saturated carbocycles. The number of fused-ring (bicyclic) bond motifs is 1. The lowest BCUT2D eigenvalue weighted by Gasteiger charge is -2.37. The molecule has 20 heavy (non-hydrogen) atoms. The van der Waals surface area contributed by atoms with Crippen LogP contribution in [-0.2, 0) is 0 Å². The number of nitriles is 1. The van der Waals surface area contributed by atoms with E-state index in [2.05, 4.69) is 5.32 Å². The standard InChI is InChI=1S/C13H12F2N4O/c14-10-3-8(5-16)4-11(15)12(10)18-1-2-19-9(7-18)6-17-13(19)20/h3-4,9H,1-2,6-7H2,(H,17,20). The van der Waals surface area contributed by atoms with Crippen molar-refractivity contribution >= 4 is 11.7 Å². The number of piperazine rings is 1. The van der Waals surface area contributed by atoms with E-state index in [4.69, 9.17) is 5.26 Å². The first-order valence-corrected chi connectivity index (χ1v) is 6.28. The van der Waals surface area contributed by atoms with E-state index in [0.717, 1.165) is 12.1 Å². The van der Waals surface area contributed by atoms with Crippen LogP contribution in [0.2, 0.25) is 0 Å². The molecular weight excluding hydrogens is 266 g/mol. The van der Waals surface area contributed by atoms with E-state index < -0.39 is 11.6 Å². The molecule has 0 spiro atoms. The van der Waals surface area contributed by atoms with Crippen molar-refractivity contribution < 1.29 is 13.6 Å². The fourth-order valence-corrected chi connectivity index (χ4v) is 2.74. The summed E-state index contributed by atoms with van der Waals surface area (Å²) in [5, 5.41) is 11.4. The lowest BCUT2D eigenvalue weighted by atomic mass is 10.1. The molecule has 1 aromatic carbocycles. The first-order valence-electron chi connectivity index (χ1n) is 6.28. The Morgan fingerprint density at radius 1 is 1.30 bits per heavy atom. The van der Waals surface area contributed by atoms with Crippen LogP contribution in [-0.4, -0.2) is 43.2 Å².